The maximum atomic E-state index is 11.3. The van der Waals surface area contributed by atoms with Crippen LogP contribution in [0.4, 0.5) is 0 Å². The summed E-state index contributed by atoms with van der Waals surface area (Å²) in [5.74, 6) is -0.0171. The number of nitrogens with zero attached hydrogens (tertiary/aromatic N) is 1. The predicted molar refractivity (Wildman–Crippen MR) is 77.2 cm³/mol. The summed E-state index contributed by atoms with van der Waals surface area (Å²) in [6.07, 6.45) is 0.986. The molecule has 0 aliphatic heterocycles. The van der Waals surface area contributed by atoms with Crippen molar-refractivity contribution in [1.82, 2.24) is 10.2 Å². The lowest BCUT2D eigenvalue weighted by molar-refractivity contribution is -0.117. The Morgan fingerprint density at radius 2 is 2.14 bits per heavy atom. The van der Waals surface area contributed by atoms with E-state index in [1.807, 2.05) is 0 Å². The lowest BCUT2D eigenvalue weighted by Crippen LogP contribution is -2.28. The van der Waals surface area contributed by atoms with Crippen LogP contribution in [0.15, 0.2) is 12.2 Å². The Balaban J connectivity index is 3.45. The van der Waals surface area contributed by atoms with E-state index in [1.54, 1.807) is 0 Å². The van der Waals surface area contributed by atoms with Crippen LogP contribution in [0.3, 0.4) is 0 Å². The van der Waals surface area contributed by atoms with E-state index in [0.717, 1.165) is 24.1 Å². The molecule has 0 saturated heterocycles. The summed E-state index contributed by atoms with van der Waals surface area (Å²) in [6.45, 7) is 5.42. The molecule has 0 unspecified atom stereocenters. The zero-order valence-corrected chi connectivity index (χ0v) is 12.7. The molecule has 5 heteroatoms. The number of alkyl halides is 2. The molecule has 1 amide bonds. The Morgan fingerprint density at radius 1 is 1.50 bits per heavy atom. The zero-order valence-electron chi connectivity index (χ0n) is 8.35. The van der Waals surface area contributed by atoms with Crippen molar-refractivity contribution in [3.63, 3.8) is 0 Å². The molecule has 0 aromatic rings. The molecule has 0 heterocycles. The molecule has 0 bridgehead atoms. The number of carbonyl (C=O) groups excluding carboxylic acids is 1. The molecule has 0 aromatic carbocycles. The maximum absolute atomic E-state index is 11.3. The van der Waals surface area contributed by atoms with Crippen molar-refractivity contribution >= 4 is 51.1 Å². The van der Waals surface area contributed by atoms with Crippen molar-refractivity contribution in [2.45, 2.75) is 6.42 Å². The molecule has 0 saturated carbocycles. The average Bonchev–Trinajstić information content (AvgIpc) is 2.22. The largest absolute Gasteiger partial charge is 0.352 e. The summed E-state index contributed by atoms with van der Waals surface area (Å²) in [4.78, 5) is 13.5. The van der Waals surface area contributed by atoms with Crippen LogP contribution < -0.4 is 5.32 Å². The van der Waals surface area contributed by atoms with Gasteiger partial charge in [0.05, 0.1) is 4.55 Å². The monoisotopic (exact) mass is 422 g/mol. The lowest BCUT2D eigenvalue weighted by atomic mass is 10.3. The van der Waals surface area contributed by atoms with Crippen molar-refractivity contribution in [2.24, 2.45) is 0 Å². The van der Waals surface area contributed by atoms with E-state index >= 15 is 0 Å². The minimum atomic E-state index is -0.0171. The van der Waals surface area contributed by atoms with Gasteiger partial charge in [-0.1, -0.05) is 51.8 Å². The number of nitrogens with one attached hydrogen (secondary N) is 1. The van der Waals surface area contributed by atoms with Gasteiger partial charge >= 0.3 is 0 Å². The molecule has 0 aromatic heterocycles. The van der Waals surface area contributed by atoms with Gasteiger partial charge in [-0.05, 0) is 13.5 Å². The fraction of sp³-hybridized carbons (Fsp3) is 0.667. The molecule has 0 aliphatic carbocycles. The van der Waals surface area contributed by atoms with E-state index in [-0.39, 0.29) is 5.91 Å². The summed E-state index contributed by atoms with van der Waals surface area (Å²) in [5.41, 5.74) is 0.646. The highest BCUT2D eigenvalue weighted by Crippen LogP contribution is 1.96. The molecule has 0 rings (SSSR count). The third-order valence-electron chi connectivity index (χ3n) is 1.69. The van der Waals surface area contributed by atoms with Crippen LogP contribution in [-0.2, 0) is 4.79 Å². The number of halogens is 2. The standard InChI is InChI=1S/C9H16I2N2O/c1-8(6-10)9(14)12-4-3-5-13(2)7-11/h1,3-7H2,2H3,(H,12,14). The van der Waals surface area contributed by atoms with E-state index in [9.17, 15) is 4.79 Å². The SMILES string of the molecule is C=C(CI)C(=O)NCCCN(C)CI. The molecule has 14 heavy (non-hydrogen) atoms. The highest BCUT2D eigenvalue weighted by atomic mass is 127. The predicted octanol–water partition coefficient (Wildman–Crippen LogP) is 1.81. The van der Waals surface area contributed by atoms with Gasteiger partial charge in [-0.15, -0.1) is 0 Å². The Morgan fingerprint density at radius 3 is 2.64 bits per heavy atom. The topological polar surface area (TPSA) is 32.3 Å². The molecular formula is C9H16I2N2O. The van der Waals surface area contributed by atoms with Gasteiger partial charge in [0.2, 0.25) is 5.91 Å². The van der Waals surface area contributed by atoms with Gasteiger partial charge in [-0.25, -0.2) is 0 Å². The van der Waals surface area contributed by atoms with Gasteiger partial charge in [0.25, 0.3) is 0 Å². The van der Waals surface area contributed by atoms with Gasteiger partial charge in [0.1, 0.15) is 0 Å². The van der Waals surface area contributed by atoms with Crippen LogP contribution >= 0.6 is 45.2 Å². The number of hydrogen-bond acceptors (Lipinski definition) is 2. The van der Waals surface area contributed by atoms with Crippen LogP contribution in [0, 0.1) is 0 Å². The summed E-state index contributed by atoms with van der Waals surface area (Å²) >= 11 is 4.46. The zero-order chi connectivity index (χ0) is 11.0. The third-order valence-corrected chi connectivity index (χ3v) is 3.77. The highest BCUT2D eigenvalue weighted by Gasteiger charge is 2.03. The van der Waals surface area contributed by atoms with Crippen molar-refractivity contribution in [1.29, 1.82) is 0 Å². The summed E-state index contributed by atoms with van der Waals surface area (Å²) in [7, 11) is 2.07. The fourth-order valence-corrected chi connectivity index (χ4v) is 1.48. The molecular weight excluding hydrogens is 406 g/mol. The first kappa shape index (κ1) is 14.6. The molecule has 0 fully saturated rings. The third kappa shape index (κ3) is 6.99. The first-order valence-electron chi connectivity index (χ1n) is 4.38. The number of amides is 1. The number of hydrogen-bond donors (Lipinski definition) is 1. The molecule has 0 spiro atoms. The molecule has 3 nitrogen and oxygen atoms in total. The quantitative estimate of drug-likeness (QED) is 0.223. The normalized spacial score (nSPS) is 10.3. The Bertz CT molecular complexity index is 197. The Labute approximate surface area is 113 Å². The molecule has 1 N–H and O–H groups in total. The second-order valence-corrected chi connectivity index (χ2v) is 4.49. The highest BCUT2D eigenvalue weighted by molar-refractivity contribution is 14.1. The second kappa shape index (κ2) is 8.90. The molecule has 82 valence electrons. The van der Waals surface area contributed by atoms with Gasteiger partial charge in [0, 0.05) is 23.1 Å². The first-order valence-corrected chi connectivity index (χ1v) is 7.43. The Hall–Kier alpha value is 0.630. The molecule has 0 atom stereocenters. The van der Waals surface area contributed by atoms with Gasteiger partial charge < -0.3 is 5.32 Å². The van der Waals surface area contributed by atoms with Gasteiger partial charge in [-0.3, -0.25) is 9.69 Å². The van der Waals surface area contributed by atoms with Crippen molar-refractivity contribution in [3.8, 4) is 0 Å². The van der Waals surface area contributed by atoms with E-state index in [4.69, 9.17) is 0 Å². The average molecular weight is 422 g/mol. The summed E-state index contributed by atoms with van der Waals surface area (Å²) < 4.78 is 1.71. The van der Waals surface area contributed by atoms with E-state index in [0.29, 0.717) is 10.0 Å². The molecule has 0 radical (unpaired) electrons. The number of rotatable bonds is 7. The van der Waals surface area contributed by atoms with Crippen molar-refractivity contribution in [3.05, 3.63) is 12.2 Å². The fourth-order valence-electron chi connectivity index (χ4n) is 0.796. The van der Waals surface area contributed by atoms with E-state index in [1.165, 1.54) is 0 Å². The van der Waals surface area contributed by atoms with Crippen LogP contribution in [-0.4, -0.2) is 39.9 Å². The van der Waals surface area contributed by atoms with Crippen molar-refractivity contribution < 1.29 is 4.79 Å². The van der Waals surface area contributed by atoms with E-state index < -0.39 is 0 Å². The second-order valence-electron chi connectivity index (χ2n) is 3.05. The van der Waals surface area contributed by atoms with Crippen molar-refractivity contribution in [2.75, 3.05) is 29.1 Å². The molecule has 0 aliphatic rings. The Kier molecular flexibility index (Phi) is 9.30. The summed E-state index contributed by atoms with van der Waals surface area (Å²) in [5, 5.41) is 2.84. The maximum Gasteiger partial charge on any atom is 0.247 e. The minimum absolute atomic E-state index is 0.0171. The first-order chi connectivity index (χ1) is 6.61. The lowest BCUT2D eigenvalue weighted by Gasteiger charge is -2.12. The number of carbonyl (C=O) groups is 1. The summed E-state index contributed by atoms with van der Waals surface area (Å²) in [6, 6.07) is 0. The van der Waals surface area contributed by atoms with Crippen LogP contribution in [0.2, 0.25) is 0 Å². The van der Waals surface area contributed by atoms with E-state index in [2.05, 4.69) is 69.0 Å². The van der Waals surface area contributed by atoms with Crippen LogP contribution in [0.5, 0.6) is 0 Å². The smallest absolute Gasteiger partial charge is 0.247 e. The van der Waals surface area contributed by atoms with Gasteiger partial charge in [0.15, 0.2) is 0 Å². The van der Waals surface area contributed by atoms with Gasteiger partial charge in [-0.2, -0.15) is 0 Å². The van der Waals surface area contributed by atoms with Crippen LogP contribution in [0.1, 0.15) is 6.42 Å². The van der Waals surface area contributed by atoms with Crippen LogP contribution in [0.25, 0.3) is 0 Å². The minimum Gasteiger partial charge on any atom is -0.352 e.